The summed E-state index contributed by atoms with van der Waals surface area (Å²) in [4.78, 5) is 38.0. The van der Waals surface area contributed by atoms with Crippen LogP contribution in [0.1, 0.15) is 31.9 Å². The molecule has 0 N–H and O–H groups in total. The van der Waals surface area contributed by atoms with Gasteiger partial charge in [-0.3, -0.25) is 19.3 Å². The van der Waals surface area contributed by atoms with E-state index in [9.17, 15) is 14.4 Å². The summed E-state index contributed by atoms with van der Waals surface area (Å²) in [7, 11) is 0. The number of rotatable bonds is 9. The molecule has 2 aromatic carbocycles. The maximum atomic E-state index is 12.7. The fourth-order valence-electron chi connectivity index (χ4n) is 3.02. The van der Waals surface area contributed by atoms with Gasteiger partial charge in [-0.15, -0.1) is 0 Å². The summed E-state index contributed by atoms with van der Waals surface area (Å²) in [6.45, 7) is 5.46. The van der Waals surface area contributed by atoms with Crippen LogP contribution in [0.15, 0.2) is 45.8 Å². The van der Waals surface area contributed by atoms with Crippen LogP contribution in [-0.4, -0.2) is 41.3 Å². The molecular weight excluding hydrogens is 546 g/mol. The molecule has 1 fully saturated rings. The number of imide groups is 1. The standard InChI is InChI=1S/C24H23BrClNO6S/c1-4-31-19-9-16(17(25)11-20(19)32-13-15-7-5-6-8-18(15)26)10-21-23(29)27(24(30)34-21)12-22(28)33-14(2)3/h5-11,14H,4,12-13H2,1-3H3/b21-10+. The van der Waals surface area contributed by atoms with Gasteiger partial charge in [-0.05, 0) is 62.4 Å². The number of benzene rings is 2. The van der Waals surface area contributed by atoms with Crippen LogP contribution in [-0.2, 0) is 20.9 Å². The van der Waals surface area contributed by atoms with Crippen molar-refractivity contribution in [3.8, 4) is 11.5 Å². The lowest BCUT2D eigenvalue weighted by molar-refractivity contribution is -0.149. The number of halogens is 2. The van der Waals surface area contributed by atoms with Crippen molar-refractivity contribution < 1.29 is 28.6 Å². The van der Waals surface area contributed by atoms with Crippen molar-refractivity contribution in [3.63, 3.8) is 0 Å². The van der Waals surface area contributed by atoms with Gasteiger partial charge in [0.2, 0.25) is 0 Å². The molecule has 0 bridgehead atoms. The van der Waals surface area contributed by atoms with Gasteiger partial charge in [0.1, 0.15) is 13.2 Å². The Morgan fingerprint density at radius 1 is 1.18 bits per heavy atom. The average Bonchev–Trinajstić information content (AvgIpc) is 3.02. The highest BCUT2D eigenvalue weighted by Crippen LogP contribution is 2.38. The molecule has 0 unspecified atom stereocenters. The third kappa shape index (κ3) is 6.55. The summed E-state index contributed by atoms with van der Waals surface area (Å²) >= 11 is 10.5. The molecule has 2 amide bonds. The lowest BCUT2D eigenvalue weighted by Crippen LogP contribution is -2.35. The van der Waals surface area contributed by atoms with Gasteiger partial charge in [-0.1, -0.05) is 45.7 Å². The molecule has 2 aromatic rings. The Balaban J connectivity index is 1.82. The van der Waals surface area contributed by atoms with Crippen molar-refractivity contribution in [1.29, 1.82) is 0 Å². The van der Waals surface area contributed by atoms with Crippen molar-refractivity contribution in [2.45, 2.75) is 33.5 Å². The number of carbonyl (C=O) groups excluding carboxylic acids is 3. The van der Waals surface area contributed by atoms with Gasteiger partial charge in [-0.25, -0.2) is 0 Å². The Labute approximate surface area is 215 Å². The second-order valence-electron chi connectivity index (χ2n) is 7.44. The fraction of sp³-hybridized carbons (Fsp3) is 0.292. The third-order valence-electron chi connectivity index (χ3n) is 4.52. The number of hydrogen-bond acceptors (Lipinski definition) is 7. The van der Waals surface area contributed by atoms with Gasteiger partial charge in [0.15, 0.2) is 11.5 Å². The van der Waals surface area contributed by atoms with Gasteiger partial charge in [0, 0.05) is 15.1 Å². The SMILES string of the molecule is CCOc1cc(/C=C2/SC(=O)N(CC(=O)OC(C)C)C2=O)c(Br)cc1OCc1ccccc1Cl. The molecule has 1 heterocycles. The largest absolute Gasteiger partial charge is 0.490 e. The van der Waals surface area contributed by atoms with Crippen molar-refractivity contribution in [3.05, 3.63) is 61.9 Å². The van der Waals surface area contributed by atoms with Crippen LogP contribution in [0.25, 0.3) is 6.08 Å². The van der Waals surface area contributed by atoms with Crippen molar-refractivity contribution >= 4 is 62.5 Å². The van der Waals surface area contributed by atoms with Gasteiger partial charge in [0.05, 0.1) is 17.6 Å². The molecule has 10 heteroatoms. The lowest BCUT2D eigenvalue weighted by Gasteiger charge is -2.15. The van der Waals surface area contributed by atoms with E-state index in [1.165, 1.54) is 0 Å². The highest BCUT2D eigenvalue weighted by atomic mass is 79.9. The number of ether oxygens (including phenoxy) is 3. The molecule has 0 radical (unpaired) electrons. The summed E-state index contributed by atoms with van der Waals surface area (Å²) < 4.78 is 17.4. The summed E-state index contributed by atoms with van der Waals surface area (Å²) in [5, 5.41) is 0.0713. The highest BCUT2D eigenvalue weighted by molar-refractivity contribution is 9.10. The molecule has 7 nitrogen and oxygen atoms in total. The Morgan fingerprint density at radius 3 is 2.56 bits per heavy atom. The molecule has 0 aliphatic carbocycles. The van der Waals surface area contributed by atoms with Crippen LogP contribution < -0.4 is 9.47 Å². The maximum absolute atomic E-state index is 12.7. The van der Waals surface area contributed by atoms with Gasteiger partial charge in [-0.2, -0.15) is 0 Å². The van der Waals surface area contributed by atoms with E-state index >= 15 is 0 Å². The van der Waals surface area contributed by atoms with E-state index in [1.807, 2.05) is 25.1 Å². The van der Waals surface area contributed by atoms with Crippen LogP contribution in [0.4, 0.5) is 4.79 Å². The Morgan fingerprint density at radius 2 is 1.88 bits per heavy atom. The first-order valence-electron chi connectivity index (χ1n) is 10.5. The molecule has 34 heavy (non-hydrogen) atoms. The monoisotopic (exact) mass is 567 g/mol. The maximum Gasteiger partial charge on any atom is 0.326 e. The second kappa shape index (κ2) is 11.8. The fourth-order valence-corrected chi connectivity index (χ4v) is 4.48. The van der Waals surface area contributed by atoms with Crippen LogP contribution in [0.5, 0.6) is 11.5 Å². The van der Waals surface area contributed by atoms with Crippen LogP contribution in [0.2, 0.25) is 5.02 Å². The van der Waals surface area contributed by atoms with E-state index in [0.29, 0.717) is 33.2 Å². The minimum Gasteiger partial charge on any atom is -0.490 e. The number of esters is 1. The Bertz CT molecular complexity index is 1140. The number of thioether (sulfide) groups is 1. The van der Waals surface area contributed by atoms with Gasteiger partial charge in [0.25, 0.3) is 11.1 Å². The molecular formula is C24H23BrClNO6S. The van der Waals surface area contributed by atoms with E-state index in [4.69, 9.17) is 25.8 Å². The molecule has 1 saturated heterocycles. The quantitative estimate of drug-likeness (QED) is 0.268. The predicted molar refractivity (Wildman–Crippen MR) is 135 cm³/mol. The normalized spacial score (nSPS) is 14.8. The van der Waals surface area contributed by atoms with E-state index in [-0.39, 0.29) is 17.6 Å². The second-order valence-corrected chi connectivity index (χ2v) is 9.69. The first-order chi connectivity index (χ1) is 16.2. The molecule has 3 rings (SSSR count). The first kappa shape index (κ1) is 26.1. The van der Waals surface area contributed by atoms with Crippen molar-refractivity contribution in [1.82, 2.24) is 4.90 Å². The molecule has 1 aliphatic rings. The van der Waals surface area contributed by atoms with E-state index in [0.717, 1.165) is 22.2 Å². The minimum absolute atomic E-state index is 0.190. The molecule has 1 aliphatic heterocycles. The summed E-state index contributed by atoms with van der Waals surface area (Å²) in [6, 6.07) is 10.8. The average molecular weight is 569 g/mol. The molecule has 0 saturated carbocycles. The van der Waals surface area contributed by atoms with Crippen molar-refractivity contribution in [2.24, 2.45) is 0 Å². The predicted octanol–water partition coefficient (Wildman–Crippen LogP) is 6.07. The van der Waals surface area contributed by atoms with E-state index < -0.39 is 23.7 Å². The number of amides is 2. The summed E-state index contributed by atoms with van der Waals surface area (Å²) in [5.41, 5.74) is 1.44. The molecule has 0 atom stereocenters. The minimum atomic E-state index is -0.640. The van der Waals surface area contributed by atoms with Gasteiger partial charge >= 0.3 is 5.97 Å². The number of nitrogens with zero attached hydrogens (tertiary/aromatic N) is 1. The highest BCUT2D eigenvalue weighted by Gasteiger charge is 2.37. The number of carbonyl (C=O) groups is 3. The van der Waals surface area contributed by atoms with Crippen molar-refractivity contribution in [2.75, 3.05) is 13.2 Å². The van der Waals surface area contributed by atoms with Gasteiger partial charge < -0.3 is 14.2 Å². The third-order valence-corrected chi connectivity index (χ3v) is 6.48. The topological polar surface area (TPSA) is 82.1 Å². The van der Waals surface area contributed by atoms with Crippen LogP contribution in [0, 0.1) is 0 Å². The lowest BCUT2D eigenvalue weighted by atomic mass is 10.1. The van der Waals surface area contributed by atoms with Crippen LogP contribution >= 0.6 is 39.3 Å². The molecule has 0 aromatic heterocycles. The smallest absolute Gasteiger partial charge is 0.326 e. The van der Waals surface area contributed by atoms with E-state index in [1.54, 1.807) is 38.1 Å². The zero-order valence-corrected chi connectivity index (χ0v) is 22.0. The Kier molecular flexibility index (Phi) is 9.04. The number of hydrogen-bond donors (Lipinski definition) is 0. The molecule has 180 valence electrons. The van der Waals surface area contributed by atoms with E-state index in [2.05, 4.69) is 15.9 Å². The zero-order valence-electron chi connectivity index (χ0n) is 18.8. The zero-order chi connectivity index (χ0) is 24.8. The summed E-state index contributed by atoms with van der Waals surface area (Å²) in [5.74, 6) is -0.225. The first-order valence-corrected chi connectivity index (χ1v) is 12.5. The summed E-state index contributed by atoms with van der Waals surface area (Å²) in [6.07, 6.45) is 1.23. The Hall–Kier alpha value is -2.49. The van der Waals surface area contributed by atoms with Crippen LogP contribution in [0.3, 0.4) is 0 Å². The molecule has 0 spiro atoms.